The van der Waals surface area contributed by atoms with Crippen LogP contribution in [0.5, 0.6) is 0 Å². The summed E-state index contributed by atoms with van der Waals surface area (Å²) >= 11 is 0. The molecule has 0 aromatic heterocycles. The Balaban J connectivity index is 2.48. The van der Waals surface area contributed by atoms with Crippen LogP contribution in [-0.2, 0) is 10.8 Å². The summed E-state index contributed by atoms with van der Waals surface area (Å²) in [5.74, 6) is -0.565. The summed E-state index contributed by atoms with van der Waals surface area (Å²) in [4.78, 5) is 12.3. The van der Waals surface area contributed by atoms with Crippen molar-refractivity contribution in [2.45, 2.75) is 9.79 Å². The van der Waals surface area contributed by atoms with E-state index in [1.807, 2.05) is 6.07 Å². The van der Waals surface area contributed by atoms with Crippen molar-refractivity contribution in [3.05, 3.63) is 60.2 Å². The van der Waals surface area contributed by atoms with Crippen molar-refractivity contribution < 1.29 is 9.00 Å². The zero-order valence-corrected chi connectivity index (χ0v) is 9.81. The first-order valence-corrected chi connectivity index (χ1v) is 6.21. The molecule has 0 saturated carbocycles. The van der Waals surface area contributed by atoms with Gasteiger partial charge in [0.25, 0.3) is 0 Å². The van der Waals surface area contributed by atoms with Crippen molar-refractivity contribution >= 4 is 16.7 Å². The van der Waals surface area contributed by atoms with Gasteiger partial charge in [-0.25, -0.2) is 4.21 Å². The number of nitrogens with two attached hydrogens (primary N) is 1. The van der Waals surface area contributed by atoms with Gasteiger partial charge in [-0.15, -0.1) is 0 Å². The molecule has 0 aliphatic heterocycles. The normalized spacial score (nSPS) is 12.0. The molecule has 0 saturated heterocycles. The summed E-state index contributed by atoms with van der Waals surface area (Å²) < 4.78 is 12.3. The molecule has 2 aromatic carbocycles. The molecule has 0 radical (unpaired) electrons. The Morgan fingerprint density at radius 2 is 1.53 bits per heavy atom. The van der Waals surface area contributed by atoms with E-state index in [9.17, 15) is 9.00 Å². The van der Waals surface area contributed by atoms with Crippen molar-refractivity contribution in [3.8, 4) is 0 Å². The molecule has 2 aromatic rings. The lowest BCUT2D eigenvalue weighted by molar-refractivity contribution is 0.0997. The smallest absolute Gasteiger partial charge is 0.249 e. The SMILES string of the molecule is NC(=O)c1ccccc1S(=O)c1ccccc1. The molecule has 2 rings (SSSR count). The molecule has 0 fully saturated rings. The highest BCUT2D eigenvalue weighted by Crippen LogP contribution is 2.19. The molecule has 17 heavy (non-hydrogen) atoms. The van der Waals surface area contributed by atoms with E-state index < -0.39 is 16.7 Å². The average Bonchev–Trinajstić information content (AvgIpc) is 2.39. The number of hydrogen-bond acceptors (Lipinski definition) is 2. The van der Waals surface area contributed by atoms with Gasteiger partial charge in [0.15, 0.2) is 0 Å². The molecule has 0 spiro atoms. The molecule has 0 aliphatic carbocycles. The van der Waals surface area contributed by atoms with E-state index in [4.69, 9.17) is 5.73 Å². The van der Waals surface area contributed by atoms with Crippen LogP contribution in [0.2, 0.25) is 0 Å². The molecule has 3 nitrogen and oxygen atoms in total. The van der Waals surface area contributed by atoms with Crippen molar-refractivity contribution in [2.75, 3.05) is 0 Å². The molecule has 0 heterocycles. The molecule has 1 amide bonds. The number of benzene rings is 2. The van der Waals surface area contributed by atoms with Crippen molar-refractivity contribution in [1.82, 2.24) is 0 Å². The fraction of sp³-hybridized carbons (Fsp3) is 0. The van der Waals surface area contributed by atoms with Gasteiger partial charge in [-0.05, 0) is 24.3 Å². The summed E-state index contributed by atoms with van der Waals surface area (Å²) in [6, 6.07) is 15.7. The molecular formula is C13H11NO2S. The van der Waals surface area contributed by atoms with E-state index in [-0.39, 0.29) is 0 Å². The zero-order valence-electron chi connectivity index (χ0n) is 9.00. The van der Waals surface area contributed by atoms with E-state index in [2.05, 4.69) is 0 Å². The Hall–Kier alpha value is -1.94. The highest BCUT2D eigenvalue weighted by atomic mass is 32.2. The van der Waals surface area contributed by atoms with Gasteiger partial charge in [0.05, 0.1) is 21.3 Å². The van der Waals surface area contributed by atoms with Gasteiger partial charge in [-0.2, -0.15) is 0 Å². The van der Waals surface area contributed by atoms with Crippen LogP contribution in [0.15, 0.2) is 64.4 Å². The van der Waals surface area contributed by atoms with E-state index in [0.717, 1.165) is 0 Å². The molecule has 86 valence electrons. The highest BCUT2D eigenvalue weighted by Gasteiger charge is 2.14. The molecule has 0 aliphatic rings. The molecule has 1 atom stereocenters. The maximum Gasteiger partial charge on any atom is 0.249 e. The molecule has 0 bridgehead atoms. The van der Waals surface area contributed by atoms with Crippen molar-refractivity contribution in [2.24, 2.45) is 5.73 Å². The second-order valence-corrected chi connectivity index (χ2v) is 4.89. The Kier molecular flexibility index (Phi) is 3.35. The summed E-state index contributed by atoms with van der Waals surface area (Å²) in [6.45, 7) is 0. The minimum atomic E-state index is -1.38. The lowest BCUT2D eigenvalue weighted by atomic mass is 10.2. The third-order valence-corrected chi connectivity index (χ3v) is 3.77. The minimum Gasteiger partial charge on any atom is -0.366 e. The maximum absolute atomic E-state index is 12.3. The Morgan fingerprint density at radius 3 is 2.18 bits per heavy atom. The minimum absolute atomic E-state index is 0.301. The second kappa shape index (κ2) is 4.93. The standard InChI is InChI=1S/C13H11NO2S/c14-13(15)11-8-4-5-9-12(11)17(16)10-6-2-1-3-7-10/h1-9H,(H2,14,15). The van der Waals surface area contributed by atoms with Crippen LogP contribution in [-0.4, -0.2) is 10.1 Å². The van der Waals surface area contributed by atoms with Crippen LogP contribution in [0.1, 0.15) is 10.4 Å². The van der Waals surface area contributed by atoms with Gasteiger partial charge in [-0.1, -0.05) is 30.3 Å². The Labute approximate surface area is 102 Å². The third-order valence-electron chi connectivity index (χ3n) is 2.31. The van der Waals surface area contributed by atoms with Crippen LogP contribution in [0.3, 0.4) is 0 Å². The number of carbonyl (C=O) groups is 1. The largest absolute Gasteiger partial charge is 0.366 e. The van der Waals surface area contributed by atoms with Crippen LogP contribution >= 0.6 is 0 Å². The Bertz CT molecular complexity index is 567. The first-order chi connectivity index (χ1) is 8.20. The lowest BCUT2D eigenvalue weighted by Gasteiger charge is -2.06. The topological polar surface area (TPSA) is 60.2 Å². The average molecular weight is 245 g/mol. The van der Waals surface area contributed by atoms with Crippen LogP contribution < -0.4 is 5.73 Å². The van der Waals surface area contributed by atoms with Crippen molar-refractivity contribution in [1.29, 1.82) is 0 Å². The number of rotatable bonds is 3. The van der Waals surface area contributed by atoms with Gasteiger partial charge < -0.3 is 5.73 Å². The maximum atomic E-state index is 12.3. The Morgan fingerprint density at radius 1 is 0.941 bits per heavy atom. The quantitative estimate of drug-likeness (QED) is 0.898. The molecule has 2 N–H and O–H groups in total. The van der Waals surface area contributed by atoms with Crippen LogP contribution in [0.4, 0.5) is 0 Å². The molecule has 1 unspecified atom stereocenters. The summed E-state index contributed by atoms with van der Waals surface area (Å²) in [5.41, 5.74) is 5.56. The van der Waals surface area contributed by atoms with Gasteiger partial charge in [0.1, 0.15) is 0 Å². The summed E-state index contributed by atoms with van der Waals surface area (Å²) in [7, 11) is -1.38. The number of hydrogen-bond donors (Lipinski definition) is 1. The summed E-state index contributed by atoms with van der Waals surface area (Å²) in [6.07, 6.45) is 0. The van der Waals surface area contributed by atoms with Gasteiger partial charge in [-0.3, -0.25) is 4.79 Å². The highest BCUT2D eigenvalue weighted by molar-refractivity contribution is 7.85. The zero-order chi connectivity index (χ0) is 12.3. The molecule has 4 heteroatoms. The van der Waals surface area contributed by atoms with Gasteiger partial charge in [0, 0.05) is 4.90 Å². The number of amides is 1. The molecular weight excluding hydrogens is 234 g/mol. The number of primary amides is 1. The first-order valence-electron chi connectivity index (χ1n) is 5.06. The van der Waals surface area contributed by atoms with E-state index in [0.29, 0.717) is 15.4 Å². The predicted octanol–water partition coefficient (Wildman–Crippen LogP) is 1.95. The van der Waals surface area contributed by atoms with E-state index in [1.54, 1.807) is 48.5 Å². The van der Waals surface area contributed by atoms with Crippen LogP contribution in [0.25, 0.3) is 0 Å². The third kappa shape index (κ3) is 2.42. The van der Waals surface area contributed by atoms with Gasteiger partial charge in [0.2, 0.25) is 5.91 Å². The second-order valence-electron chi connectivity index (χ2n) is 3.44. The summed E-state index contributed by atoms with van der Waals surface area (Å²) in [5, 5.41) is 0. The fourth-order valence-electron chi connectivity index (χ4n) is 1.50. The van der Waals surface area contributed by atoms with E-state index >= 15 is 0 Å². The fourth-order valence-corrected chi connectivity index (χ4v) is 2.73. The van der Waals surface area contributed by atoms with Gasteiger partial charge >= 0.3 is 0 Å². The number of carbonyl (C=O) groups excluding carboxylic acids is 1. The predicted molar refractivity (Wildman–Crippen MR) is 66.1 cm³/mol. The van der Waals surface area contributed by atoms with Crippen molar-refractivity contribution in [3.63, 3.8) is 0 Å². The van der Waals surface area contributed by atoms with E-state index in [1.165, 1.54) is 0 Å². The lowest BCUT2D eigenvalue weighted by Crippen LogP contribution is -2.14. The van der Waals surface area contributed by atoms with Crippen LogP contribution in [0, 0.1) is 0 Å². The monoisotopic (exact) mass is 245 g/mol. The first kappa shape index (κ1) is 11.5.